The summed E-state index contributed by atoms with van der Waals surface area (Å²) in [5, 5.41) is -0.158. The molecule has 0 saturated heterocycles. The molecule has 2 aromatic rings. The van der Waals surface area contributed by atoms with Gasteiger partial charge in [-0.05, 0) is 12.1 Å². The van der Waals surface area contributed by atoms with Crippen molar-refractivity contribution >= 4 is 31.0 Å². The van der Waals surface area contributed by atoms with Crippen molar-refractivity contribution in [1.82, 2.24) is 0 Å². The third-order valence-corrected chi connectivity index (χ3v) is 4.17. The molecular formula is C10H14O10S2-2. The van der Waals surface area contributed by atoms with Gasteiger partial charge in [0.2, 0.25) is 0 Å². The van der Waals surface area contributed by atoms with E-state index >= 15 is 0 Å². The summed E-state index contributed by atoms with van der Waals surface area (Å²) in [6, 6.07) is 7.09. The van der Waals surface area contributed by atoms with Crippen LogP contribution in [0.25, 0.3) is 10.8 Å². The van der Waals surface area contributed by atoms with E-state index in [4.69, 9.17) is 0 Å². The van der Waals surface area contributed by atoms with E-state index in [9.17, 15) is 25.9 Å². The van der Waals surface area contributed by atoms with Crippen LogP contribution in [0.15, 0.2) is 46.2 Å². The highest BCUT2D eigenvalue weighted by Gasteiger charge is 2.12. The van der Waals surface area contributed by atoms with Crippen LogP contribution in [0.5, 0.6) is 0 Å². The van der Waals surface area contributed by atoms with E-state index in [1.807, 2.05) is 0 Å². The molecule has 0 aromatic heterocycles. The lowest BCUT2D eigenvalue weighted by atomic mass is 10.1. The maximum absolute atomic E-state index is 11.0. The fourth-order valence-corrected chi connectivity index (χ4v) is 3.07. The van der Waals surface area contributed by atoms with E-state index in [1.165, 1.54) is 24.3 Å². The van der Waals surface area contributed by atoms with E-state index in [1.54, 1.807) is 0 Å². The summed E-state index contributed by atoms with van der Waals surface area (Å²) < 4.78 is 66.1. The molecule has 8 N–H and O–H groups in total. The van der Waals surface area contributed by atoms with Gasteiger partial charge in [-0.15, -0.1) is 0 Å². The molecule has 0 fully saturated rings. The summed E-state index contributed by atoms with van der Waals surface area (Å²) in [6.07, 6.45) is 0. The molecule has 128 valence electrons. The predicted molar refractivity (Wildman–Crippen MR) is 74.3 cm³/mol. The van der Waals surface area contributed by atoms with Gasteiger partial charge in [0.1, 0.15) is 20.2 Å². The fourth-order valence-electron chi connectivity index (χ4n) is 1.69. The van der Waals surface area contributed by atoms with Gasteiger partial charge in [-0.25, -0.2) is 16.8 Å². The number of hydrogen-bond donors (Lipinski definition) is 0. The molecule has 0 amide bonds. The zero-order valence-electron chi connectivity index (χ0n) is 10.7. The molecule has 12 heteroatoms. The van der Waals surface area contributed by atoms with Crippen molar-refractivity contribution < 1.29 is 47.8 Å². The lowest BCUT2D eigenvalue weighted by molar-refractivity contribution is 0.461. The molecule has 0 saturated carbocycles. The highest BCUT2D eigenvalue weighted by atomic mass is 32.2. The Hall–Kier alpha value is -1.64. The van der Waals surface area contributed by atoms with Crippen molar-refractivity contribution in [1.29, 1.82) is 0 Å². The molecule has 0 aliphatic carbocycles. The Morgan fingerprint density at radius 3 is 1.09 bits per heavy atom. The molecule has 22 heavy (non-hydrogen) atoms. The van der Waals surface area contributed by atoms with Crippen LogP contribution in [0.4, 0.5) is 0 Å². The lowest BCUT2D eigenvalue weighted by Gasteiger charge is -2.14. The largest absolute Gasteiger partial charge is 0.744 e. The van der Waals surface area contributed by atoms with E-state index in [-0.39, 0.29) is 32.7 Å². The highest BCUT2D eigenvalue weighted by Crippen LogP contribution is 2.27. The smallest absolute Gasteiger partial charge is 0.125 e. The normalized spacial score (nSPS) is 10.5. The Bertz CT molecular complexity index is 755. The van der Waals surface area contributed by atoms with Crippen molar-refractivity contribution in [2.45, 2.75) is 9.79 Å². The summed E-state index contributed by atoms with van der Waals surface area (Å²) in [7, 11) is -9.48. The Morgan fingerprint density at radius 1 is 0.591 bits per heavy atom. The van der Waals surface area contributed by atoms with Crippen LogP contribution < -0.4 is 0 Å². The summed E-state index contributed by atoms with van der Waals surface area (Å²) >= 11 is 0. The molecule has 10 nitrogen and oxygen atoms in total. The summed E-state index contributed by atoms with van der Waals surface area (Å²) in [5.41, 5.74) is 0. The second kappa shape index (κ2) is 8.11. The van der Waals surface area contributed by atoms with Crippen molar-refractivity contribution in [3.05, 3.63) is 36.4 Å². The number of benzene rings is 2. The van der Waals surface area contributed by atoms with Gasteiger partial charge in [0, 0.05) is 10.8 Å². The molecule has 0 atom stereocenters. The van der Waals surface area contributed by atoms with Crippen LogP contribution in [0.3, 0.4) is 0 Å². The average Bonchev–Trinajstić information content (AvgIpc) is 2.24. The Kier molecular flexibility index (Phi) is 9.34. The van der Waals surface area contributed by atoms with Gasteiger partial charge in [-0.3, -0.25) is 0 Å². The predicted octanol–water partition coefficient (Wildman–Crippen LogP) is -2.65. The first-order valence-corrected chi connectivity index (χ1v) is 7.46. The molecule has 0 bridgehead atoms. The fraction of sp³-hybridized carbons (Fsp3) is 0. The van der Waals surface area contributed by atoms with Gasteiger partial charge < -0.3 is 31.0 Å². The van der Waals surface area contributed by atoms with Crippen LogP contribution in [-0.2, 0) is 20.2 Å². The highest BCUT2D eigenvalue weighted by molar-refractivity contribution is 7.86. The third-order valence-electron chi connectivity index (χ3n) is 2.38. The first-order chi connectivity index (χ1) is 8.21. The Labute approximate surface area is 125 Å². The minimum Gasteiger partial charge on any atom is -0.744 e. The van der Waals surface area contributed by atoms with Gasteiger partial charge in [0.25, 0.3) is 0 Å². The molecule has 2 rings (SSSR count). The second-order valence-electron chi connectivity index (χ2n) is 3.52. The third kappa shape index (κ3) is 4.69. The Balaban J connectivity index is -0.000000902. The minimum atomic E-state index is -4.74. The van der Waals surface area contributed by atoms with Crippen LogP contribution >= 0.6 is 0 Å². The summed E-state index contributed by atoms with van der Waals surface area (Å²) in [4.78, 5) is -1.10. The molecule has 0 unspecified atom stereocenters. The molecular weight excluding hydrogens is 344 g/mol. The van der Waals surface area contributed by atoms with Crippen LogP contribution in [-0.4, -0.2) is 47.8 Å². The van der Waals surface area contributed by atoms with Crippen molar-refractivity contribution in [2.75, 3.05) is 0 Å². The molecule has 0 radical (unpaired) electrons. The van der Waals surface area contributed by atoms with Gasteiger partial charge in [-0.1, -0.05) is 24.3 Å². The van der Waals surface area contributed by atoms with Crippen LogP contribution in [0.2, 0.25) is 0 Å². The number of hydrogen-bond acceptors (Lipinski definition) is 6. The molecule has 0 aliphatic rings. The second-order valence-corrected chi connectivity index (χ2v) is 6.21. The Morgan fingerprint density at radius 2 is 0.864 bits per heavy atom. The van der Waals surface area contributed by atoms with Crippen molar-refractivity contribution in [3.63, 3.8) is 0 Å². The summed E-state index contributed by atoms with van der Waals surface area (Å²) in [5.74, 6) is 0. The van der Waals surface area contributed by atoms with Gasteiger partial charge in [-0.2, -0.15) is 0 Å². The van der Waals surface area contributed by atoms with E-state index in [0.29, 0.717) is 0 Å². The van der Waals surface area contributed by atoms with Crippen molar-refractivity contribution in [3.8, 4) is 0 Å². The van der Waals surface area contributed by atoms with Gasteiger partial charge in [0.15, 0.2) is 0 Å². The molecule has 0 heterocycles. The average molecular weight is 358 g/mol. The number of rotatable bonds is 2. The van der Waals surface area contributed by atoms with E-state index in [0.717, 1.165) is 12.1 Å². The van der Waals surface area contributed by atoms with E-state index < -0.39 is 30.0 Å². The molecule has 2 aromatic carbocycles. The van der Waals surface area contributed by atoms with Crippen LogP contribution in [0.1, 0.15) is 0 Å². The molecule has 0 aliphatic heterocycles. The maximum Gasteiger partial charge on any atom is 0.125 e. The minimum absolute atomic E-state index is 0. The van der Waals surface area contributed by atoms with Gasteiger partial charge >= 0.3 is 0 Å². The number of fused-ring (bicyclic) bond motifs is 1. The monoisotopic (exact) mass is 358 g/mol. The van der Waals surface area contributed by atoms with Crippen LogP contribution in [0, 0.1) is 0 Å². The molecule has 0 spiro atoms. The van der Waals surface area contributed by atoms with E-state index in [2.05, 4.69) is 0 Å². The topological polar surface area (TPSA) is 240 Å². The lowest BCUT2D eigenvalue weighted by Crippen LogP contribution is -2.03. The van der Waals surface area contributed by atoms with Gasteiger partial charge in [0.05, 0.1) is 9.79 Å². The quantitative estimate of drug-likeness (QED) is 0.518. The first kappa shape index (κ1) is 25.3. The standard InChI is InChI=1S/C10H8O6S2.4H2O/c11-17(12,13)9-5-1-3-7-8(9)4-2-6-10(7)18(14,15)16;;;;/h1-6H,(H,11,12,13)(H,14,15,16);4*1H2/p-2. The summed E-state index contributed by atoms with van der Waals surface area (Å²) in [6.45, 7) is 0. The zero-order chi connectivity index (χ0) is 13.6. The zero-order valence-corrected chi connectivity index (χ0v) is 12.4. The van der Waals surface area contributed by atoms with Crippen molar-refractivity contribution in [2.24, 2.45) is 0 Å². The first-order valence-electron chi connectivity index (χ1n) is 4.65. The maximum atomic E-state index is 11.0. The SMILES string of the molecule is O.O.O.O.O=S(=O)([O-])c1cccc2c(S(=O)(=O)[O-])cccc12.